The lowest BCUT2D eigenvalue weighted by molar-refractivity contribution is -0.384. The van der Waals surface area contributed by atoms with Crippen molar-refractivity contribution in [2.75, 3.05) is 6.54 Å². The molecule has 106 valence electrons. The number of nitrogens with zero attached hydrogens (tertiary/aromatic N) is 2. The normalized spacial score (nSPS) is 11.7. The molecule has 0 aliphatic carbocycles. The maximum absolute atomic E-state index is 12.2. The van der Waals surface area contributed by atoms with Crippen LogP contribution in [-0.4, -0.2) is 27.5 Å². The molecule has 0 aliphatic heterocycles. The molecule has 1 amide bonds. The number of aromatic nitrogens is 1. The van der Waals surface area contributed by atoms with Crippen LogP contribution in [0.1, 0.15) is 44.2 Å². The zero-order valence-corrected chi connectivity index (χ0v) is 11.6. The smallest absolute Gasteiger partial charge is 0.287 e. The summed E-state index contributed by atoms with van der Waals surface area (Å²) in [5.41, 5.74) is 5.17. The lowest BCUT2D eigenvalue weighted by Gasteiger charge is -2.24. The van der Waals surface area contributed by atoms with E-state index >= 15 is 0 Å². The van der Waals surface area contributed by atoms with Gasteiger partial charge in [-0.15, -0.1) is 0 Å². The average molecular weight is 268 g/mol. The van der Waals surface area contributed by atoms with Crippen molar-refractivity contribution in [2.24, 2.45) is 5.73 Å². The van der Waals surface area contributed by atoms with E-state index in [0.29, 0.717) is 0 Å². The van der Waals surface area contributed by atoms with Crippen molar-refractivity contribution in [3.63, 3.8) is 0 Å². The van der Waals surface area contributed by atoms with E-state index in [4.69, 9.17) is 5.73 Å². The first-order valence-electron chi connectivity index (χ1n) is 6.07. The van der Waals surface area contributed by atoms with Gasteiger partial charge in [-0.3, -0.25) is 14.9 Å². The molecule has 0 fully saturated rings. The van der Waals surface area contributed by atoms with Gasteiger partial charge in [0.2, 0.25) is 0 Å². The van der Waals surface area contributed by atoms with E-state index in [9.17, 15) is 14.9 Å². The van der Waals surface area contributed by atoms with Gasteiger partial charge < -0.3 is 15.6 Å². The number of amides is 1. The van der Waals surface area contributed by atoms with Crippen LogP contribution >= 0.6 is 0 Å². The van der Waals surface area contributed by atoms with E-state index in [1.807, 2.05) is 13.8 Å². The van der Waals surface area contributed by atoms with Gasteiger partial charge in [-0.1, -0.05) is 0 Å². The summed E-state index contributed by atoms with van der Waals surface area (Å²) in [5, 5.41) is 13.6. The average Bonchev–Trinajstić information content (AvgIpc) is 2.73. The minimum absolute atomic E-state index is 0.0459. The number of carbonyl (C=O) groups is 1. The number of nitrogens with one attached hydrogen (secondary N) is 1. The van der Waals surface area contributed by atoms with Crippen LogP contribution in [0.5, 0.6) is 0 Å². The Morgan fingerprint density at radius 3 is 2.58 bits per heavy atom. The summed E-state index contributed by atoms with van der Waals surface area (Å²) < 4.78 is 1.58. The molecule has 0 aromatic carbocycles. The quantitative estimate of drug-likeness (QED) is 0.623. The number of nitrogens with two attached hydrogens (primary N) is 1. The highest BCUT2D eigenvalue weighted by molar-refractivity contribution is 5.94. The standard InChI is InChI=1S/C12H20N4O3/c1-8(2)15-6-9(16(18)19)5-10(15)11(17)14-12(3,4)7-13/h5-6,8H,7,13H2,1-4H3,(H,14,17). The lowest BCUT2D eigenvalue weighted by Crippen LogP contribution is -2.49. The number of nitro groups is 1. The molecule has 1 heterocycles. The van der Waals surface area contributed by atoms with E-state index in [-0.39, 0.29) is 29.9 Å². The Bertz CT molecular complexity index is 491. The second kappa shape index (κ2) is 5.40. The summed E-state index contributed by atoms with van der Waals surface area (Å²) in [6.45, 7) is 7.58. The molecule has 3 N–H and O–H groups in total. The molecule has 7 nitrogen and oxygen atoms in total. The van der Waals surface area contributed by atoms with E-state index in [1.165, 1.54) is 12.3 Å². The van der Waals surface area contributed by atoms with Gasteiger partial charge in [0.1, 0.15) is 5.69 Å². The third-order valence-electron chi connectivity index (χ3n) is 2.80. The second-order valence-corrected chi connectivity index (χ2v) is 5.38. The highest BCUT2D eigenvalue weighted by atomic mass is 16.6. The minimum atomic E-state index is -0.558. The minimum Gasteiger partial charge on any atom is -0.345 e. The van der Waals surface area contributed by atoms with Gasteiger partial charge in [-0.05, 0) is 27.7 Å². The van der Waals surface area contributed by atoms with E-state index < -0.39 is 10.5 Å². The predicted molar refractivity (Wildman–Crippen MR) is 72.1 cm³/mol. The van der Waals surface area contributed by atoms with Crippen LogP contribution in [0.2, 0.25) is 0 Å². The first-order chi connectivity index (χ1) is 8.68. The Morgan fingerprint density at radius 2 is 2.16 bits per heavy atom. The number of rotatable bonds is 5. The summed E-state index contributed by atoms with van der Waals surface area (Å²) in [6, 6.07) is 1.23. The van der Waals surface area contributed by atoms with Crippen molar-refractivity contribution in [3.05, 3.63) is 28.1 Å². The zero-order chi connectivity index (χ0) is 14.8. The van der Waals surface area contributed by atoms with Crippen LogP contribution in [0.3, 0.4) is 0 Å². The van der Waals surface area contributed by atoms with E-state index in [0.717, 1.165) is 0 Å². The van der Waals surface area contributed by atoms with Gasteiger partial charge in [0.25, 0.3) is 11.6 Å². The van der Waals surface area contributed by atoms with Gasteiger partial charge in [-0.25, -0.2) is 0 Å². The maximum atomic E-state index is 12.2. The summed E-state index contributed by atoms with van der Waals surface area (Å²) >= 11 is 0. The lowest BCUT2D eigenvalue weighted by atomic mass is 10.1. The fraction of sp³-hybridized carbons (Fsp3) is 0.583. The molecular formula is C12H20N4O3. The molecule has 0 aliphatic rings. The van der Waals surface area contributed by atoms with Crippen LogP contribution in [0.25, 0.3) is 0 Å². The van der Waals surface area contributed by atoms with E-state index in [1.54, 1.807) is 18.4 Å². The Balaban J connectivity index is 3.11. The highest BCUT2D eigenvalue weighted by Crippen LogP contribution is 2.21. The number of hydrogen-bond acceptors (Lipinski definition) is 4. The Labute approximate surface area is 111 Å². The molecule has 0 bridgehead atoms. The third-order valence-corrected chi connectivity index (χ3v) is 2.80. The van der Waals surface area contributed by atoms with E-state index in [2.05, 4.69) is 5.32 Å². The maximum Gasteiger partial charge on any atom is 0.287 e. The number of hydrogen-bond donors (Lipinski definition) is 2. The van der Waals surface area contributed by atoms with Crippen LogP contribution in [-0.2, 0) is 0 Å². The molecule has 0 spiro atoms. The van der Waals surface area contributed by atoms with Crippen LogP contribution < -0.4 is 11.1 Å². The van der Waals surface area contributed by atoms with Crippen molar-refractivity contribution < 1.29 is 9.72 Å². The molecule has 0 saturated heterocycles. The van der Waals surface area contributed by atoms with Crippen molar-refractivity contribution in [1.82, 2.24) is 9.88 Å². The summed E-state index contributed by atoms with van der Waals surface area (Å²) in [6.07, 6.45) is 1.37. The monoisotopic (exact) mass is 268 g/mol. The molecule has 1 rings (SSSR count). The third kappa shape index (κ3) is 3.54. The topological polar surface area (TPSA) is 103 Å². The molecule has 1 aromatic heterocycles. The molecule has 19 heavy (non-hydrogen) atoms. The molecule has 1 aromatic rings. The van der Waals surface area contributed by atoms with Gasteiger partial charge in [0.05, 0.1) is 11.1 Å². The Kier molecular flexibility index (Phi) is 4.31. The predicted octanol–water partition coefficient (Wildman–Crippen LogP) is 1.44. The summed E-state index contributed by atoms with van der Waals surface area (Å²) in [5.74, 6) is -0.364. The highest BCUT2D eigenvalue weighted by Gasteiger charge is 2.25. The van der Waals surface area contributed by atoms with Gasteiger partial charge in [-0.2, -0.15) is 0 Å². The second-order valence-electron chi connectivity index (χ2n) is 5.38. The van der Waals surface area contributed by atoms with Crippen molar-refractivity contribution in [3.8, 4) is 0 Å². The SMILES string of the molecule is CC(C)n1cc([N+](=O)[O-])cc1C(=O)NC(C)(C)CN. The van der Waals surface area contributed by atoms with Crippen molar-refractivity contribution in [2.45, 2.75) is 39.3 Å². The Hall–Kier alpha value is -1.89. The first kappa shape index (κ1) is 15.2. The van der Waals surface area contributed by atoms with Crippen LogP contribution in [0.15, 0.2) is 12.3 Å². The van der Waals surface area contributed by atoms with Gasteiger partial charge in [0.15, 0.2) is 0 Å². The molecule has 0 saturated carbocycles. The Morgan fingerprint density at radius 1 is 1.58 bits per heavy atom. The number of carbonyl (C=O) groups excluding carboxylic acids is 1. The molecule has 0 unspecified atom stereocenters. The molecule has 0 radical (unpaired) electrons. The van der Waals surface area contributed by atoms with Crippen molar-refractivity contribution in [1.29, 1.82) is 0 Å². The van der Waals surface area contributed by atoms with Gasteiger partial charge >= 0.3 is 0 Å². The molecule has 0 atom stereocenters. The molecule has 7 heteroatoms. The van der Waals surface area contributed by atoms with Crippen LogP contribution in [0, 0.1) is 10.1 Å². The first-order valence-corrected chi connectivity index (χ1v) is 6.07. The fourth-order valence-electron chi connectivity index (χ4n) is 1.60. The fourth-order valence-corrected chi connectivity index (χ4v) is 1.60. The van der Waals surface area contributed by atoms with Crippen LogP contribution in [0.4, 0.5) is 5.69 Å². The summed E-state index contributed by atoms with van der Waals surface area (Å²) in [7, 11) is 0. The molecular weight excluding hydrogens is 248 g/mol. The largest absolute Gasteiger partial charge is 0.345 e. The zero-order valence-electron chi connectivity index (χ0n) is 11.6. The van der Waals surface area contributed by atoms with Crippen molar-refractivity contribution >= 4 is 11.6 Å². The van der Waals surface area contributed by atoms with Gasteiger partial charge in [0, 0.05) is 24.2 Å². The summed E-state index contributed by atoms with van der Waals surface area (Å²) in [4.78, 5) is 22.5.